The van der Waals surface area contributed by atoms with Gasteiger partial charge in [-0.1, -0.05) is 0 Å². The van der Waals surface area contributed by atoms with Gasteiger partial charge in [-0.15, -0.1) is 0 Å². The van der Waals surface area contributed by atoms with Crippen LogP contribution in [0.25, 0.3) is 0 Å². The van der Waals surface area contributed by atoms with Gasteiger partial charge in [0.05, 0.1) is 0 Å². The topological polar surface area (TPSA) is 152 Å². The largest absolute Gasteiger partial charge is 0.479 e. The van der Waals surface area contributed by atoms with E-state index in [1.165, 1.54) is 0 Å². The summed E-state index contributed by atoms with van der Waals surface area (Å²) in [6.07, 6.45) is -7.28. The van der Waals surface area contributed by atoms with E-state index in [-0.39, 0.29) is 0 Å². The Bertz CT molecular complexity index is 259. The van der Waals surface area contributed by atoms with Gasteiger partial charge in [-0.25, -0.2) is 9.59 Å². The Kier molecular flexibility index (Phi) is 4.15. The molecule has 0 amide bonds. The molecule has 0 radical (unpaired) electrons. The van der Waals surface area contributed by atoms with Crippen molar-refractivity contribution in [3.8, 4) is 0 Å². The van der Waals surface area contributed by atoms with E-state index in [0.717, 1.165) is 0 Å². The molecule has 80 valence electrons. The van der Waals surface area contributed by atoms with E-state index in [0.29, 0.717) is 0 Å². The van der Waals surface area contributed by atoms with E-state index in [1.54, 1.807) is 0 Å². The normalized spacial score (nSPS) is 16.8. The van der Waals surface area contributed by atoms with Crippen LogP contribution in [0.2, 0.25) is 0 Å². The molecule has 0 saturated heterocycles. The number of ketones is 1. The molecule has 0 heterocycles. The van der Waals surface area contributed by atoms with Crippen LogP contribution in [0.3, 0.4) is 0 Å². The maximum atomic E-state index is 10.5. The van der Waals surface area contributed by atoms with Crippen LogP contribution in [-0.2, 0) is 14.4 Å². The molecule has 0 rings (SSSR count). The summed E-state index contributed by atoms with van der Waals surface area (Å²) >= 11 is 0. The Morgan fingerprint density at radius 2 is 1.29 bits per heavy atom. The number of carbonyl (C=O) groups is 3. The van der Waals surface area contributed by atoms with Crippen LogP contribution in [0.1, 0.15) is 0 Å². The molecule has 0 aliphatic heterocycles. The molecule has 0 saturated carbocycles. The zero-order valence-electron chi connectivity index (χ0n) is 6.69. The average Bonchev–Trinajstić information content (AvgIpc) is 2.12. The summed E-state index contributed by atoms with van der Waals surface area (Å²) in [6, 6.07) is 0. The van der Waals surface area contributed by atoms with Gasteiger partial charge in [0.1, 0.15) is 6.10 Å². The molecule has 0 aromatic rings. The second kappa shape index (κ2) is 4.65. The van der Waals surface area contributed by atoms with Crippen LogP contribution in [0.15, 0.2) is 0 Å². The van der Waals surface area contributed by atoms with Crippen molar-refractivity contribution in [1.82, 2.24) is 0 Å². The number of rotatable bonds is 5. The number of hydrogen-bond acceptors (Lipinski definition) is 6. The number of aliphatic hydroxyl groups excluding tert-OH is 3. The first-order valence-corrected chi connectivity index (χ1v) is 3.33. The monoisotopic (exact) mass is 208 g/mol. The summed E-state index contributed by atoms with van der Waals surface area (Å²) in [5, 5.41) is 42.4. The molecule has 0 unspecified atom stereocenters. The van der Waals surface area contributed by atoms with E-state index in [9.17, 15) is 14.4 Å². The summed E-state index contributed by atoms with van der Waals surface area (Å²) in [4.78, 5) is 30.5. The molecule has 14 heavy (non-hydrogen) atoms. The summed E-state index contributed by atoms with van der Waals surface area (Å²) in [6.45, 7) is 0. The maximum absolute atomic E-state index is 10.5. The third-order valence-corrected chi connectivity index (χ3v) is 1.38. The van der Waals surface area contributed by atoms with Gasteiger partial charge in [0, 0.05) is 0 Å². The fourth-order valence-corrected chi connectivity index (χ4v) is 0.600. The molecule has 0 spiro atoms. The maximum Gasteiger partial charge on any atom is 0.375 e. The number of carboxylic acid groups (broad SMARTS) is 2. The average molecular weight is 208 g/mol. The number of aliphatic carboxylic acids is 2. The lowest BCUT2D eigenvalue weighted by atomic mass is 10.0. The smallest absolute Gasteiger partial charge is 0.375 e. The van der Waals surface area contributed by atoms with Gasteiger partial charge in [-0.3, -0.25) is 4.79 Å². The first-order valence-electron chi connectivity index (χ1n) is 3.33. The van der Waals surface area contributed by atoms with Gasteiger partial charge in [0.15, 0.2) is 12.2 Å². The Balaban J connectivity index is 4.54. The summed E-state index contributed by atoms with van der Waals surface area (Å²) < 4.78 is 0. The molecule has 0 bridgehead atoms. The van der Waals surface area contributed by atoms with Crippen molar-refractivity contribution in [2.24, 2.45) is 0 Å². The number of Topliss-reactive ketones (excluding diaryl/α,β-unsaturated/α-hetero) is 1. The third kappa shape index (κ3) is 2.76. The number of hydrogen-bond donors (Lipinski definition) is 5. The molecule has 8 heteroatoms. The lowest BCUT2D eigenvalue weighted by Gasteiger charge is -2.17. The quantitative estimate of drug-likeness (QED) is 0.296. The molecular weight excluding hydrogens is 200 g/mol. The van der Waals surface area contributed by atoms with E-state index in [2.05, 4.69) is 0 Å². The van der Waals surface area contributed by atoms with Crippen molar-refractivity contribution in [2.45, 2.75) is 18.3 Å². The zero-order valence-corrected chi connectivity index (χ0v) is 6.69. The lowest BCUT2D eigenvalue weighted by molar-refractivity contribution is -0.166. The molecule has 8 nitrogen and oxygen atoms in total. The summed E-state index contributed by atoms with van der Waals surface area (Å²) in [7, 11) is 0. The Morgan fingerprint density at radius 3 is 1.57 bits per heavy atom. The minimum atomic E-state index is -2.47. The predicted molar refractivity (Wildman–Crippen MR) is 38.3 cm³/mol. The SMILES string of the molecule is O=C(O)C(=O)[C@@H](O)[C@@H](O)[C@H](O)C(=O)O. The van der Waals surface area contributed by atoms with Gasteiger partial charge < -0.3 is 25.5 Å². The third-order valence-electron chi connectivity index (χ3n) is 1.38. The number of carbonyl (C=O) groups excluding carboxylic acids is 1. The van der Waals surface area contributed by atoms with Crippen molar-refractivity contribution in [2.75, 3.05) is 0 Å². The fourth-order valence-electron chi connectivity index (χ4n) is 0.600. The highest BCUT2D eigenvalue weighted by molar-refractivity contribution is 6.34. The van der Waals surface area contributed by atoms with Crippen LogP contribution < -0.4 is 0 Å². The van der Waals surface area contributed by atoms with Crippen LogP contribution in [0.4, 0.5) is 0 Å². The van der Waals surface area contributed by atoms with Gasteiger partial charge >= 0.3 is 11.9 Å². The molecule has 0 fully saturated rings. The molecule has 5 N–H and O–H groups in total. The van der Waals surface area contributed by atoms with Gasteiger partial charge in [0.25, 0.3) is 5.78 Å². The molecule has 0 aliphatic carbocycles. The molecule has 0 aliphatic rings. The number of aliphatic hydroxyl groups is 3. The van der Waals surface area contributed by atoms with Crippen molar-refractivity contribution in [1.29, 1.82) is 0 Å². The molecule has 3 atom stereocenters. The molecule has 0 aromatic carbocycles. The van der Waals surface area contributed by atoms with Gasteiger partial charge in [0.2, 0.25) is 0 Å². The molecular formula is C6H8O8. The molecule has 0 aromatic heterocycles. The van der Waals surface area contributed by atoms with Crippen molar-refractivity contribution in [3.05, 3.63) is 0 Å². The van der Waals surface area contributed by atoms with Crippen LogP contribution in [0, 0.1) is 0 Å². The van der Waals surface area contributed by atoms with Crippen molar-refractivity contribution in [3.63, 3.8) is 0 Å². The standard InChI is InChI=1S/C6H8O8/c7-1(3(9)5(11)12)2(8)4(10)6(13)14/h1-3,7-9H,(H,11,12)(H,13,14)/t1-,2+,3+/m1/s1. The second-order valence-corrected chi connectivity index (χ2v) is 2.39. The second-order valence-electron chi connectivity index (χ2n) is 2.39. The van der Waals surface area contributed by atoms with E-state index in [1.807, 2.05) is 0 Å². The van der Waals surface area contributed by atoms with E-state index < -0.39 is 36.0 Å². The van der Waals surface area contributed by atoms with Crippen LogP contribution >= 0.6 is 0 Å². The lowest BCUT2D eigenvalue weighted by Crippen LogP contribution is -2.47. The van der Waals surface area contributed by atoms with Gasteiger partial charge in [-0.2, -0.15) is 0 Å². The minimum Gasteiger partial charge on any atom is -0.479 e. The minimum absolute atomic E-state index is 1.79. The van der Waals surface area contributed by atoms with Crippen molar-refractivity contribution >= 4 is 17.7 Å². The Morgan fingerprint density at radius 1 is 0.857 bits per heavy atom. The highest BCUT2D eigenvalue weighted by Crippen LogP contribution is 2.02. The zero-order chi connectivity index (χ0) is 11.5. The summed E-state index contributed by atoms with van der Waals surface area (Å²) in [5.41, 5.74) is 0. The highest BCUT2D eigenvalue weighted by atomic mass is 16.4. The first kappa shape index (κ1) is 12.5. The Labute approximate surface area is 77.0 Å². The van der Waals surface area contributed by atoms with Gasteiger partial charge in [-0.05, 0) is 0 Å². The first-order chi connectivity index (χ1) is 6.29. The van der Waals surface area contributed by atoms with Crippen LogP contribution in [0.5, 0.6) is 0 Å². The summed E-state index contributed by atoms with van der Waals surface area (Å²) in [5.74, 6) is -5.71. The van der Waals surface area contributed by atoms with Crippen LogP contribution in [-0.4, -0.2) is 61.6 Å². The highest BCUT2D eigenvalue weighted by Gasteiger charge is 2.37. The van der Waals surface area contributed by atoms with E-state index >= 15 is 0 Å². The van der Waals surface area contributed by atoms with Crippen molar-refractivity contribution < 1.29 is 39.9 Å². The Hall–Kier alpha value is -1.51. The fraction of sp³-hybridized carbons (Fsp3) is 0.500. The predicted octanol–water partition coefficient (Wildman–Crippen LogP) is -3.19. The van der Waals surface area contributed by atoms with E-state index in [4.69, 9.17) is 25.5 Å². The number of carboxylic acids is 2.